The number of ether oxygens (including phenoxy) is 2. The van der Waals surface area contributed by atoms with Crippen molar-refractivity contribution in [1.82, 2.24) is 10.6 Å². The lowest BCUT2D eigenvalue weighted by atomic mass is 10.1. The number of nitrogens with one attached hydrogen (secondary N) is 2. The summed E-state index contributed by atoms with van der Waals surface area (Å²) >= 11 is 0. The summed E-state index contributed by atoms with van der Waals surface area (Å²) in [5, 5.41) is 4.69. The highest BCUT2D eigenvalue weighted by molar-refractivity contribution is 5.92. The SMILES string of the molecule is CC(=O)OC1NC(=O)[C@H]1NC(=O)OCc1ccccc1. The summed E-state index contributed by atoms with van der Waals surface area (Å²) in [5.74, 6) is -0.965. The maximum absolute atomic E-state index is 11.5. The van der Waals surface area contributed by atoms with E-state index in [9.17, 15) is 14.4 Å². The molecule has 0 bridgehead atoms. The number of benzene rings is 1. The highest BCUT2D eigenvalue weighted by Gasteiger charge is 2.43. The number of hydrogen-bond donors (Lipinski definition) is 2. The summed E-state index contributed by atoms with van der Waals surface area (Å²) in [6.45, 7) is 1.31. The third-order valence-electron chi connectivity index (χ3n) is 2.65. The van der Waals surface area contributed by atoms with Crippen molar-refractivity contribution >= 4 is 18.0 Å². The van der Waals surface area contributed by atoms with Crippen molar-refractivity contribution in [1.29, 1.82) is 0 Å². The molecule has 106 valence electrons. The third-order valence-corrected chi connectivity index (χ3v) is 2.65. The number of rotatable bonds is 4. The molecule has 2 atom stereocenters. The van der Waals surface area contributed by atoms with Crippen LogP contribution in [0, 0.1) is 0 Å². The molecule has 2 rings (SSSR count). The summed E-state index contributed by atoms with van der Waals surface area (Å²) in [4.78, 5) is 33.6. The molecular formula is C13H14N2O5. The van der Waals surface area contributed by atoms with Crippen LogP contribution in [0.3, 0.4) is 0 Å². The Labute approximate surface area is 115 Å². The third kappa shape index (κ3) is 3.47. The molecule has 1 unspecified atom stereocenters. The van der Waals surface area contributed by atoms with Crippen LogP contribution < -0.4 is 10.6 Å². The van der Waals surface area contributed by atoms with Gasteiger partial charge < -0.3 is 20.1 Å². The van der Waals surface area contributed by atoms with Gasteiger partial charge in [0.25, 0.3) is 5.91 Å². The molecule has 0 saturated carbocycles. The zero-order chi connectivity index (χ0) is 14.5. The first kappa shape index (κ1) is 13.9. The molecule has 0 aromatic heterocycles. The van der Waals surface area contributed by atoms with E-state index < -0.39 is 30.2 Å². The molecular weight excluding hydrogens is 264 g/mol. The number of hydrogen-bond acceptors (Lipinski definition) is 5. The largest absolute Gasteiger partial charge is 0.445 e. The topological polar surface area (TPSA) is 93.7 Å². The molecule has 1 aliphatic rings. The second-order valence-electron chi connectivity index (χ2n) is 4.22. The molecule has 2 amide bonds. The quantitative estimate of drug-likeness (QED) is 0.610. The van der Waals surface area contributed by atoms with Crippen LogP contribution in [0.4, 0.5) is 4.79 Å². The Morgan fingerprint density at radius 1 is 1.30 bits per heavy atom. The van der Waals surface area contributed by atoms with Crippen LogP contribution in [0.15, 0.2) is 30.3 Å². The van der Waals surface area contributed by atoms with Gasteiger partial charge in [-0.15, -0.1) is 0 Å². The van der Waals surface area contributed by atoms with Gasteiger partial charge in [0.05, 0.1) is 0 Å². The van der Waals surface area contributed by atoms with Crippen LogP contribution in [0.25, 0.3) is 0 Å². The lowest BCUT2D eigenvalue weighted by molar-refractivity contribution is -0.162. The van der Waals surface area contributed by atoms with Gasteiger partial charge in [-0.1, -0.05) is 30.3 Å². The molecule has 1 aliphatic heterocycles. The van der Waals surface area contributed by atoms with Crippen molar-refractivity contribution in [3.8, 4) is 0 Å². The first-order chi connectivity index (χ1) is 9.56. The van der Waals surface area contributed by atoms with Gasteiger partial charge in [-0.3, -0.25) is 9.59 Å². The number of β-lactam (4-membered cyclic amide) rings is 1. The molecule has 1 aromatic rings. The first-order valence-corrected chi connectivity index (χ1v) is 6.01. The zero-order valence-corrected chi connectivity index (χ0v) is 10.8. The van der Waals surface area contributed by atoms with Gasteiger partial charge in [0.2, 0.25) is 6.23 Å². The first-order valence-electron chi connectivity index (χ1n) is 6.01. The van der Waals surface area contributed by atoms with Crippen LogP contribution in [0.5, 0.6) is 0 Å². The summed E-state index contributed by atoms with van der Waals surface area (Å²) in [6.07, 6.45) is -1.59. The van der Waals surface area contributed by atoms with Crippen LogP contribution in [0.2, 0.25) is 0 Å². The summed E-state index contributed by atoms with van der Waals surface area (Å²) in [6, 6.07) is 8.21. The normalized spacial score (nSPS) is 20.4. The van der Waals surface area contributed by atoms with Crippen molar-refractivity contribution < 1.29 is 23.9 Å². The second kappa shape index (κ2) is 6.05. The number of alkyl carbamates (subject to hydrolysis) is 1. The van der Waals surface area contributed by atoms with E-state index in [1.54, 1.807) is 0 Å². The Hall–Kier alpha value is -2.57. The van der Waals surface area contributed by atoms with E-state index in [1.807, 2.05) is 30.3 Å². The summed E-state index contributed by atoms with van der Waals surface area (Å²) in [7, 11) is 0. The standard InChI is InChI=1S/C13H14N2O5/c1-8(16)20-12-10(11(17)15-12)14-13(18)19-7-9-5-3-2-4-6-9/h2-6,10,12H,7H2,1H3,(H,14,18)(H,15,17)/t10-,12?/m1/s1. The smallest absolute Gasteiger partial charge is 0.408 e. The van der Waals surface area contributed by atoms with Gasteiger partial charge >= 0.3 is 12.1 Å². The van der Waals surface area contributed by atoms with Crippen molar-refractivity contribution in [2.24, 2.45) is 0 Å². The fraction of sp³-hybridized carbons (Fsp3) is 0.308. The molecule has 7 heteroatoms. The minimum Gasteiger partial charge on any atom is -0.445 e. The lowest BCUT2D eigenvalue weighted by Gasteiger charge is -2.35. The molecule has 1 aromatic carbocycles. The second-order valence-corrected chi connectivity index (χ2v) is 4.22. The molecule has 1 heterocycles. The fourth-order valence-electron chi connectivity index (χ4n) is 1.66. The number of amides is 2. The van der Waals surface area contributed by atoms with Crippen molar-refractivity contribution in [2.45, 2.75) is 25.8 Å². The Balaban J connectivity index is 1.79. The van der Waals surface area contributed by atoms with E-state index in [0.717, 1.165) is 5.56 Å². The molecule has 1 fully saturated rings. The van der Waals surface area contributed by atoms with Gasteiger partial charge in [-0.25, -0.2) is 4.79 Å². The predicted octanol–water partition coefficient (Wildman–Crippen LogP) is 0.300. The predicted molar refractivity (Wildman–Crippen MR) is 67.2 cm³/mol. The zero-order valence-electron chi connectivity index (χ0n) is 10.8. The highest BCUT2D eigenvalue weighted by Crippen LogP contribution is 2.09. The molecule has 20 heavy (non-hydrogen) atoms. The summed E-state index contributed by atoms with van der Waals surface area (Å²) in [5.41, 5.74) is 0.831. The highest BCUT2D eigenvalue weighted by atomic mass is 16.6. The Morgan fingerprint density at radius 3 is 2.60 bits per heavy atom. The van der Waals surface area contributed by atoms with E-state index in [-0.39, 0.29) is 6.61 Å². The Bertz CT molecular complexity index is 517. The fourth-order valence-corrected chi connectivity index (χ4v) is 1.66. The van der Waals surface area contributed by atoms with Crippen LogP contribution in [0.1, 0.15) is 12.5 Å². The van der Waals surface area contributed by atoms with E-state index in [1.165, 1.54) is 6.92 Å². The van der Waals surface area contributed by atoms with Crippen LogP contribution in [-0.2, 0) is 25.7 Å². The average molecular weight is 278 g/mol. The van der Waals surface area contributed by atoms with E-state index in [2.05, 4.69) is 10.6 Å². The minimum absolute atomic E-state index is 0.0965. The Morgan fingerprint density at radius 2 is 2.00 bits per heavy atom. The molecule has 7 nitrogen and oxygen atoms in total. The van der Waals surface area contributed by atoms with E-state index in [0.29, 0.717) is 0 Å². The maximum atomic E-state index is 11.5. The number of carbonyl (C=O) groups excluding carboxylic acids is 3. The van der Waals surface area contributed by atoms with Gasteiger partial charge in [0, 0.05) is 6.92 Å². The van der Waals surface area contributed by atoms with E-state index >= 15 is 0 Å². The minimum atomic E-state index is -0.915. The number of carbonyl (C=O) groups is 3. The lowest BCUT2D eigenvalue weighted by Crippen LogP contribution is -2.70. The molecule has 2 N–H and O–H groups in total. The van der Waals surface area contributed by atoms with Crippen molar-refractivity contribution in [3.63, 3.8) is 0 Å². The average Bonchev–Trinajstić information content (AvgIpc) is 2.43. The van der Waals surface area contributed by atoms with Crippen molar-refractivity contribution in [2.75, 3.05) is 0 Å². The maximum Gasteiger partial charge on any atom is 0.408 e. The van der Waals surface area contributed by atoms with Gasteiger partial charge in [0.15, 0.2) is 6.04 Å². The monoisotopic (exact) mass is 278 g/mol. The molecule has 1 saturated heterocycles. The molecule has 0 spiro atoms. The van der Waals surface area contributed by atoms with E-state index in [4.69, 9.17) is 9.47 Å². The van der Waals surface area contributed by atoms with Gasteiger partial charge in [0.1, 0.15) is 6.61 Å². The van der Waals surface area contributed by atoms with Gasteiger partial charge in [-0.05, 0) is 5.56 Å². The molecule has 0 radical (unpaired) electrons. The molecule has 0 aliphatic carbocycles. The Kier molecular flexibility index (Phi) is 4.19. The number of esters is 1. The van der Waals surface area contributed by atoms with Gasteiger partial charge in [-0.2, -0.15) is 0 Å². The van der Waals surface area contributed by atoms with Crippen LogP contribution >= 0.6 is 0 Å². The van der Waals surface area contributed by atoms with Crippen LogP contribution in [-0.4, -0.2) is 30.2 Å². The summed E-state index contributed by atoms with van der Waals surface area (Å²) < 4.78 is 9.76. The van der Waals surface area contributed by atoms with Crippen molar-refractivity contribution in [3.05, 3.63) is 35.9 Å².